The minimum Gasteiger partial charge on any atom is -0.306 e. The second kappa shape index (κ2) is 6.31. The average molecular weight is 272 g/mol. The van der Waals surface area contributed by atoms with Crippen LogP contribution in [0.4, 0.5) is 0 Å². The molecule has 1 heterocycles. The molecule has 0 aromatic heterocycles. The first-order chi connectivity index (χ1) is 10.7. The molecule has 0 amide bonds. The van der Waals surface area contributed by atoms with Crippen LogP contribution >= 0.6 is 30.9 Å². The molecule has 0 saturated carbocycles. The Morgan fingerprint density at radius 2 is 2.29 bits per heavy atom. The molecule has 1 saturated heterocycles. The zero-order valence-electron chi connectivity index (χ0n) is 17.8. The van der Waals surface area contributed by atoms with Crippen LogP contribution < -0.4 is 5.08 Å². The fourth-order valence-corrected chi connectivity index (χ4v) is 2.21. The highest BCUT2D eigenvalue weighted by atomic mass is 35.5. The monoisotopic (exact) mass is 271 g/mol. The third kappa shape index (κ3) is 3.37. The summed E-state index contributed by atoms with van der Waals surface area (Å²) in [5.74, 6) is -6.80. The lowest BCUT2D eigenvalue weighted by molar-refractivity contribution is 0.233. The Morgan fingerprint density at radius 3 is 2.79 bits per heavy atom. The molecule has 1 atom stereocenters. The smallest absolute Gasteiger partial charge is 0.306 e. The topological polar surface area (TPSA) is 41.6 Å². The van der Waals surface area contributed by atoms with Gasteiger partial charge in [-0.15, -0.1) is 23.2 Å². The van der Waals surface area contributed by atoms with Gasteiger partial charge in [-0.05, 0) is 6.37 Å². The summed E-state index contributed by atoms with van der Waals surface area (Å²) >= 11 is 10.6. The summed E-state index contributed by atoms with van der Waals surface area (Å²) in [7, 11) is -5.14. The van der Waals surface area contributed by atoms with E-state index in [0.717, 1.165) is 0 Å². The fourth-order valence-electron chi connectivity index (χ4n) is 0.711. The maximum atomic E-state index is 13.1. The Morgan fingerprint density at radius 1 is 1.64 bits per heavy atom. The molecule has 4 nitrogen and oxygen atoms in total. The van der Waals surface area contributed by atoms with Gasteiger partial charge in [0.25, 0.3) is 0 Å². The molecule has 0 spiro atoms. The maximum absolute atomic E-state index is 13.1. The summed E-state index contributed by atoms with van der Waals surface area (Å²) < 4.78 is 101. The van der Waals surface area contributed by atoms with Gasteiger partial charge in [-0.25, -0.2) is 9.75 Å². The van der Waals surface area contributed by atoms with Gasteiger partial charge >= 0.3 is 7.67 Å². The lowest BCUT2D eigenvalue weighted by Crippen LogP contribution is -2.35. The molecule has 0 bridgehead atoms. The van der Waals surface area contributed by atoms with Gasteiger partial charge in [0.05, 0.1) is 6.61 Å². The van der Waals surface area contributed by atoms with E-state index in [9.17, 15) is 4.57 Å². The van der Waals surface area contributed by atoms with Crippen LogP contribution in [0.2, 0.25) is 1.41 Å². The molecule has 0 aliphatic carbocycles. The fraction of sp³-hybridized carbons (Fsp3) is 1.00. The highest BCUT2D eigenvalue weighted by Crippen LogP contribution is 2.47. The summed E-state index contributed by atoms with van der Waals surface area (Å²) in [6.45, 7) is -9.17. The van der Waals surface area contributed by atoms with E-state index in [1.807, 2.05) is 0 Å². The quantitative estimate of drug-likeness (QED) is 0.613. The number of alkyl halides is 2. The predicted octanol–water partition coefficient (Wildman–Crippen LogP) is 1.88. The second-order valence-corrected chi connectivity index (χ2v) is 4.34. The molecular weight excluding hydrogens is 246 g/mol. The molecule has 1 aliphatic heterocycles. The molecule has 14 heavy (non-hydrogen) atoms. The summed E-state index contributed by atoms with van der Waals surface area (Å²) in [5, 5.41) is -0.0859. The molecule has 0 aromatic rings. The zero-order valence-corrected chi connectivity index (χ0v) is 9.23. The standard InChI is InChI=1S/C7H15Cl2N2O2P/c8-2-5-11(6-3-9)14(12)10-4-1-7-13-14/h1-7H2,(H,10,12)/i1D2,2D2,3D2,5D2,6D2/hD. The largest absolute Gasteiger partial charge is 0.343 e. The van der Waals surface area contributed by atoms with Crippen molar-refractivity contribution in [3.05, 3.63) is 0 Å². The van der Waals surface area contributed by atoms with E-state index < -0.39 is 56.5 Å². The van der Waals surface area contributed by atoms with Gasteiger partial charge in [0.15, 0.2) is 0 Å². The van der Waals surface area contributed by atoms with E-state index in [-0.39, 0.29) is 5.08 Å². The minimum atomic E-state index is -5.14. The van der Waals surface area contributed by atoms with Crippen molar-refractivity contribution in [1.82, 2.24) is 9.75 Å². The van der Waals surface area contributed by atoms with Crippen molar-refractivity contribution < 1.29 is 24.2 Å². The first-order valence-electron chi connectivity index (χ1n) is 8.85. The Bertz CT molecular complexity index is 540. The van der Waals surface area contributed by atoms with Crippen LogP contribution in [0.5, 0.6) is 0 Å². The molecule has 1 N–H and O–H groups in total. The molecule has 7 heteroatoms. The van der Waals surface area contributed by atoms with E-state index in [0.29, 0.717) is 0 Å². The van der Waals surface area contributed by atoms with E-state index in [1.54, 1.807) is 0 Å². The van der Waals surface area contributed by atoms with Crippen molar-refractivity contribution in [3.8, 4) is 0 Å². The van der Waals surface area contributed by atoms with Gasteiger partial charge in [0.1, 0.15) is 1.41 Å². The summed E-state index contributed by atoms with van der Waals surface area (Å²) in [5.41, 5.74) is 0. The van der Waals surface area contributed by atoms with E-state index >= 15 is 0 Å². The van der Waals surface area contributed by atoms with Crippen molar-refractivity contribution in [3.63, 3.8) is 0 Å². The lowest BCUT2D eigenvalue weighted by atomic mass is 10.5. The second-order valence-electron chi connectivity index (χ2n) is 2.04. The van der Waals surface area contributed by atoms with Crippen molar-refractivity contribution in [2.24, 2.45) is 0 Å². The summed E-state index contributed by atoms with van der Waals surface area (Å²) in [6.07, 6.45) is -2.18. The van der Waals surface area contributed by atoms with Gasteiger partial charge in [0.2, 0.25) is 0 Å². The molecule has 1 aliphatic rings. The van der Waals surface area contributed by atoms with Crippen LogP contribution in [-0.4, -0.2) is 42.5 Å². The van der Waals surface area contributed by atoms with E-state index in [2.05, 4.69) is 0 Å². The van der Waals surface area contributed by atoms with Gasteiger partial charge in [-0.1, -0.05) is 0 Å². The van der Waals surface area contributed by atoms with Crippen molar-refractivity contribution in [1.29, 1.82) is 0 Å². The average Bonchev–Trinajstić information content (AvgIpc) is 2.31. The van der Waals surface area contributed by atoms with Gasteiger partial charge in [0, 0.05) is 44.9 Å². The number of hydrogen-bond donors (Lipinski definition) is 1. The normalized spacial score (nSPS) is 48.9. The summed E-state index contributed by atoms with van der Waals surface area (Å²) in [4.78, 5) is 0. The molecule has 1 fully saturated rings. The molecule has 1 rings (SSSR count). The van der Waals surface area contributed by atoms with Crippen LogP contribution in [0, 0.1) is 0 Å². The first-order valence-corrected chi connectivity index (χ1v) is 5.69. The van der Waals surface area contributed by atoms with Crippen LogP contribution in [0.15, 0.2) is 0 Å². The molecule has 0 radical (unpaired) electrons. The van der Waals surface area contributed by atoms with Crippen molar-refractivity contribution in [2.45, 2.75) is 6.37 Å². The Balaban J connectivity index is 3.62. The Labute approximate surface area is 110 Å². The number of hydrogen-bond acceptors (Lipinski definition) is 2. The van der Waals surface area contributed by atoms with Crippen LogP contribution in [-0.2, 0) is 9.09 Å². The van der Waals surface area contributed by atoms with Crippen molar-refractivity contribution >= 4 is 30.9 Å². The number of nitrogens with zero attached hydrogens (tertiary/aromatic N) is 1. The first kappa shape index (κ1) is 4.17. The highest BCUT2D eigenvalue weighted by molar-refractivity contribution is 7.54. The van der Waals surface area contributed by atoms with Crippen LogP contribution in [0.25, 0.3) is 0 Å². The molecular formula is C7H15Cl2N2O2P. The molecule has 1 unspecified atom stereocenters. The van der Waals surface area contributed by atoms with Gasteiger partial charge in [-0.2, -0.15) is 0 Å². The lowest BCUT2D eigenvalue weighted by Gasteiger charge is -2.33. The van der Waals surface area contributed by atoms with Crippen LogP contribution in [0.1, 0.15) is 20.1 Å². The Kier molecular flexibility index (Phi) is 1.88. The Hall–Kier alpha value is 0.690. The molecule has 84 valence electrons. The number of halogens is 2. The highest BCUT2D eigenvalue weighted by Gasteiger charge is 2.32. The minimum absolute atomic E-state index is 0.0859. The maximum Gasteiger partial charge on any atom is 0.343 e. The van der Waals surface area contributed by atoms with E-state index in [4.69, 9.17) is 42.8 Å². The zero-order chi connectivity index (χ0) is 20.3. The SMILES string of the molecule is [2H]N1CC([2H])([2H])COP1(=O)N(C([2H])([2H])C([2H])([2H])Cl)C([2H])([2H])C([2H])([2H])Cl. The predicted molar refractivity (Wildman–Crippen MR) is 59.2 cm³/mol. The third-order valence-corrected chi connectivity index (χ3v) is 3.08. The van der Waals surface area contributed by atoms with Gasteiger partial charge < -0.3 is 4.52 Å². The van der Waals surface area contributed by atoms with Crippen LogP contribution in [0.3, 0.4) is 0 Å². The molecule has 0 aromatic carbocycles. The summed E-state index contributed by atoms with van der Waals surface area (Å²) in [6, 6.07) is 0. The van der Waals surface area contributed by atoms with E-state index in [1.165, 1.54) is 0 Å². The van der Waals surface area contributed by atoms with Gasteiger partial charge in [-0.3, -0.25) is 4.57 Å². The number of rotatable bonds is 5. The third-order valence-electron chi connectivity index (χ3n) is 1.25. The van der Waals surface area contributed by atoms with Crippen molar-refractivity contribution in [2.75, 3.05) is 37.8 Å². The number of nitrogens with one attached hydrogen (secondary N) is 1.